The third-order valence-electron chi connectivity index (χ3n) is 4.87. The molecule has 25 heavy (non-hydrogen) atoms. The molecule has 2 amide bonds. The number of pyridine rings is 1. The Balaban J connectivity index is 1.79. The maximum Gasteiger partial charge on any atom is 0.320 e. The zero-order valence-electron chi connectivity index (χ0n) is 15.2. The summed E-state index contributed by atoms with van der Waals surface area (Å²) in [6.45, 7) is 10.8. The summed E-state index contributed by atoms with van der Waals surface area (Å²) in [4.78, 5) is 22.1. The molecule has 6 heteroatoms. The summed E-state index contributed by atoms with van der Waals surface area (Å²) in [6.07, 6.45) is 0. The minimum atomic E-state index is 0.152. The van der Waals surface area contributed by atoms with Crippen molar-refractivity contribution in [1.82, 2.24) is 9.80 Å². The highest BCUT2D eigenvalue weighted by Crippen LogP contribution is 2.28. The smallest absolute Gasteiger partial charge is 0.320 e. The molecule has 0 saturated carbocycles. The van der Waals surface area contributed by atoms with Gasteiger partial charge in [-0.15, -0.1) is 0 Å². The van der Waals surface area contributed by atoms with Gasteiger partial charge in [-0.3, -0.25) is 0 Å². The lowest BCUT2D eigenvalue weighted by atomic mass is 10.1. The number of carbonyl (C=O) groups excluding carboxylic acids is 1. The predicted octanol–water partition coefficient (Wildman–Crippen LogP) is 3.20. The first kappa shape index (κ1) is 17.8. The number of amides is 2. The van der Waals surface area contributed by atoms with Gasteiger partial charge in [0.05, 0.1) is 11.1 Å². The molecule has 2 heterocycles. The number of anilines is 1. The molecule has 0 bridgehead atoms. The van der Waals surface area contributed by atoms with Gasteiger partial charge >= 0.3 is 6.03 Å². The van der Waals surface area contributed by atoms with Crippen molar-refractivity contribution in [1.29, 1.82) is 0 Å². The molecule has 1 aromatic heterocycles. The van der Waals surface area contributed by atoms with Crippen LogP contribution in [-0.2, 0) is 0 Å². The van der Waals surface area contributed by atoms with E-state index >= 15 is 0 Å². The van der Waals surface area contributed by atoms with E-state index in [1.165, 1.54) is 11.1 Å². The summed E-state index contributed by atoms with van der Waals surface area (Å²) < 4.78 is 0. The number of piperazine rings is 1. The van der Waals surface area contributed by atoms with Crippen LogP contribution in [0.3, 0.4) is 0 Å². The number of fused-ring (bicyclic) bond motifs is 1. The fourth-order valence-electron chi connectivity index (χ4n) is 3.47. The largest absolute Gasteiger partial charge is 0.367 e. The van der Waals surface area contributed by atoms with Crippen LogP contribution in [0, 0.1) is 6.92 Å². The van der Waals surface area contributed by atoms with Crippen molar-refractivity contribution in [3.05, 3.63) is 35.0 Å². The van der Waals surface area contributed by atoms with E-state index in [1.54, 1.807) is 0 Å². The second kappa shape index (κ2) is 7.48. The lowest BCUT2D eigenvalue weighted by Gasteiger charge is -2.38. The summed E-state index contributed by atoms with van der Waals surface area (Å²) in [5, 5.41) is 1.90. The fourth-order valence-corrected chi connectivity index (χ4v) is 3.64. The summed E-state index contributed by atoms with van der Waals surface area (Å²) in [7, 11) is 0. The number of nitrogens with one attached hydrogen (secondary N) is 1. The van der Waals surface area contributed by atoms with E-state index in [0.29, 0.717) is 0 Å². The van der Waals surface area contributed by atoms with E-state index in [2.05, 4.69) is 28.9 Å². The van der Waals surface area contributed by atoms with Crippen LogP contribution in [0.1, 0.15) is 19.5 Å². The molecule has 0 spiro atoms. The molecular formula is C19H26ClN4O+. The Morgan fingerprint density at radius 3 is 2.48 bits per heavy atom. The standard InChI is InChI=1S/C19H25ClN4O/c1-4-22(5-2)19(25)24-10-8-23(9-11-24)18-12-14(3)21-17-13-15(20)6-7-16(17)18/h6-7,12-13H,4-5,8-11H2,1-3H3/p+1. The number of rotatable bonds is 3. The highest BCUT2D eigenvalue weighted by Gasteiger charge is 2.25. The summed E-state index contributed by atoms with van der Waals surface area (Å²) >= 11 is 6.14. The lowest BCUT2D eigenvalue weighted by Crippen LogP contribution is -2.53. The van der Waals surface area contributed by atoms with Crippen LogP contribution < -0.4 is 9.88 Å². The topological polar surface area (TPSA) is 40.9 Å². The highest BCUT2D eigenvalue weighted by molar-refractivity contribution is 6.31. The molecule has 0 radical (unpaired) electrons. The Kier molecular flexibility index (Phi) is 5.33. The van der Waals surface area contributed by atoms with Crippen molar-refractivity contribution >= 4 is 34.2 Å². The SMILES string of the molecule is CCN(CC)C(=O)N1CCN(c2cc(C)[nH+]c3cc(Cl)ccc23)CC1. The van der Waals surface area contributed by atoms with Crippen molar-refractivity contribution in [2.45, 2.75) is 20.8 Å². The van der Waals surface area contributed by atoms with Gasteiger partial charge in [0, 0.05) is 63.3 Å². The molecule has 1 aromatic carbocycles. The van der Waals surface area contributed by atoms with Crippen LogP contribution >= 0.6 is 11.6 Å². The van der Waals surface area contributed by atoms with Crippen LogP contribution in [0.15, 0.2) is 24.3 Å². The fraction of sp³-hybridized carbons (Fsp3) is 0.474. The van der Waals surface area contributed by atoms with Gasteiger partial charge in [0.1, 0.15) is 0 Å². The Morgan fingerprint density at radius 2 is 1.84 bits per heavy atom. The first-order chi connectivity index (χ1) is 12.0. The maximum absolute atomic E-state index is 12.5. The van der Waals surface area contributed by atoms with Gasteiger partial charge < -0.3 is 14.7 Å². The van der Waals surface area contributed by atoms with E-state index in [0.717, 1.165) is 55.5 Å². The van der Waals surface area contributed by atoms with Crippen molar-refractivity contribution < 1.29 is 9.78 Å². The molecular weight excluding hydrogens is 336 g/mol. The Labute approximate surface area is 154 Å². The van der Waals surface area contributed by atoms with Gasteiger partial charge in [-0.25, -0.2) is 9.78 Å². The van der Waals surface area contributed by atoms with Crippen LogP contribution in [0.2, 0.25) is 5.02 Å². The monoisotopic (exact) mass is 361 g/mol. The number of urea groups is 1. The zero-order valence-corrected chi connectivity index (χ0v) is 15.9. The number of benzene rings is 1. The lowest BCUT2D eigenvalue weighted by molar-refractivity contribution is -0.354. The highest BCUT2D eigenvalue weighted by atomic mass is 35.5. The summed E-state index contributed by atoms with van der Waals surface area (Å²) in [5.74, 6) is 0. The van der Waals surface area contributed by atoms with E-state index in [9.17, 15) is 4.79 Å². The average Bonchev–Trinajstić information content (AvgIpc) is 2.61. The number of halogens is 1. The second-order valence-electron chi connectivity index (χ2n) is 6.46. The van der Waals surface area contributed by atoms with Gasteiger partial charge in [0.2, 0.25) is 5.52 Å². The number of nitrogens with zero attached hydrogens (tertiary/aromatic N) is 3. The predicted molar refractivity (Wildman–Crippen MR) is 102 cm³/mol. The minimum absolute atomic E-state index is 0.152. The molecule has 1 saturated heterocycles. The molecule has 1 N–H and O–H groups in total. The molecule has 5 nitrogen and oxygen atoms in total. The first-order valence-corrected chi connectivity index (χ1v) is 9.32. The molecule has 1 fully saturated rings. The molecule has 3 rings (SSSR count). The number of hydrogen-bond acceptors (Lipinski definition) is 2. The van der Waals surface area contributed by atoms with Crippen LogP contribution in [0.25, 0.3) is 10.9 Å². The molecule has 0 unspecified atom stereocenters. The minimum Gasteiger partial charge on any atom is -0.367 e. The Hall–Kier alpha value is -2.01. The molecule has 0 atom stereocenters. The van der Waals surface area contributed by atoms with E-state index in [-0.39, 0.29) is 6.03 Å². The van der Waals surface area contributed by atoms with Crippen LogP contribution in [0.4, 0.5) is 10.5 Å². The number of carbonyl (C=O) groups is 1. The van der Waals surface area contributed by atoms with Crippen molar-refractivity contribution in [3.63, 3.8) is 0 Å². The normalized spacial score (nSPS) is 14.9. The molecule has 1 aliphatic heterocycles. The quantitative estimate of drug-likeness (QED) is 0.842. The van der Waals surface area contributed by atoms with Gasteiger partial charge in [-0.1, -0.05) is 11.6 Å². The van der Waals surface area contributed by atoms with E-state index < -0.39 is 0 Å². The summed E-state index contributed by atoms with van der Waals surface area (Å²) in [6, 6.07) is 8.29. The number of aromatic amines is 1. The molecule has 0 aliphatic carbocycles. The Morgan fingerprint density at radius 1 is 1.16 bits per heavy atom. The Bertz CT molecular complexity index is 762. The number of aromatic nitrogens is 1. The molecule has 134 valence electrons. The first-order valence-electron chi connectivity index (χ1n) is 8.94. The third kappa shape index (κ3) is 3.66. The number of aryl methyl sites for hydroxylation is 1. The maximum atomic E-state index is 12.5. The van der Waals surface area contributed by atoms with Gasteiger partial charge in [-0.2, -0.15) is 0 Å². The average molecular weight is 362 g/mol. The van der Waals surface area contributed by atoms with Crippen LogP contribution in [0.5, 0.6) is 0 Å². The van der Waals surface area contributed by atoms with Crippen molar-refractivity contribution in [2.75, 3.05) is 44.2 Å². The number of H-pyrrole nitrogens is 1. The second-order valence-corrected chi connectivity index (χ2v) is 6.89. The molecule has 1 aliphatic rings. The van der Waals surface area contributed by atoms with E-state index in [4.69, 9.17) is 11.6 Å². The van der Waals surface area contributed by atoms with Crippen LogP contribution in [-0.4, -0.2) is 55.1 Å². The van der Waals surface area contributed by atoms with Gasteiger partial charge in [0.15, 0.2) is 5.69 Å². The van der Waals surface area contributed by atoms with E-state index in [1.807, 2.05) is 35.8 Å². The summed E-state index contributed by atoms with van der Waals surface area (Å²) in [5.41, 5.74) is 3.36. The van der Waals surface area contributed by atoms with Gasteiger partial charge in [0.25, 0.3) is 0 Å². The van der Waals surface area contributed by atoms with Gasteiger partial charge in [-0.05, 0) is 26.0 Å². The van der Waals surface area contributed by atoms with Crippen molar-refractivity contribution in [2.24, 2.45) is 0 Å². The molecule has 2 aromatic rings. The van der Waals surface area contributed by atoms with Crippen molar-refractivity contribution in [3.8, 4) is 0 Å². The third-order valence-corrected chi connectivity index (χ3v) is 5.10. The zero-order chi connectivity index (χ0) is 18.0. The number of hydrogen-bond donors (Lipinski definition) is 0.